The lowest BCUT2D eigenvalue weighted by Crippen LogP contribution is -2.43. The molecule has 0 aromatic rings. The highest BCUT2D eigenvalue weighted by Crippen LogP contribution is 2.28. The molecule has 1 aliphatic heterocycles. The third kappa shape index (κ3) is 2.23. The standard InChI is InChI=1S/C10H18F2N2/c1-14(9-3-2-4-9)6-8-5-10(11,12)7-13-8/h8-9,13H,2-7H2,1H3. The molecule has 0 amide bonds. The Hall–Kier alpha value is -0.220. The fraction of sp³-hybridized carbons (Fsp3) is 1.00. The first-order valence-corrected chi connectivity index (χ1v) is 5.38. The van der Waals surface area contributed by atoms with E-state index in [1.807, 2.05) is 7.05 Å². The Morgan fingerprint density at radius 3 is 2.57 bits per heavy atom. The quantitative estimate of drug-likeness (QED) is 0.749. The molecule has 82 valence electrons. The Morgan fingerprint density at radius 2 is 2.14 bits per heavy atom. The largest absolute Gasteiger partial charge is 0.307 e. The number of hydrogen-bond acceptors (Lipinski definition) is 2. The molecule has 1 atom stereocenters. The molecule has 0 bridgehead atoms. The molecule has 2 rings (SSSR count). The van der Waals surface area contributed by atoms with Gasteiger partial charge in [0.25, 0.3) is 5.92 Å². The van der Waals surface area contributed by atoms with Gasteiger partial charge < -0.3 is 10.2 Å². The predicted octanol–water partition coefficient (Wildman–Crippen LogP) is 1.47. The van der Waals surface area contributed by atoms with Crippen LogP contribution in [0.5, 0.6) is 0 Å². The first-order valence-electron chi connectivity index (χ1n) is 5.38. The summed E-state index contributed by atoms with van der Waals surface area (Å²) in [5.41, 5.74) is 0. The lowest BCUT2D eigenvalue weighted by molar-refractivity contribution is 0.0192. The molecule has 14 heavy (non-hydrogen) atoms. The van der Waals surface area contributed by atoms with Gasteiger partial charge in [0.2, 0.25) is 0 Å². The van der Waals surface area contributed by atoms with E-state index in [0.29, 0.717) is 6.04 Å². The normalized spacial score (nSPS) is 32.1. The van der Waals surface area contributed by atoms with Gasteiger partial charge >= 0.3 is 0 Å². The second-order valence-electron chi connectivity index (χ2n) is 4.66. The number of likely N-dealkylation sites (N-methyl/N-ethyl adjacent to an activating group) is 1. The van der Waals surface area contributed by atoms with Gasteiger partial charge in [-0.1, -0.05) is 6.42 Å². The maximum absolute atomic E-state index is 12.9. The summed E-state index contributed by atoms with van der Waals surface area (Å²) in [6.45, 7) is 0.621. The van der Waals surface area contributed by atoms with Gasteiger partial charge in [0, 0.05) is 25.0 Å². The van der Waals surface area contributed by atoms with Crippen LogP contribution in [0.25, 0.3) is 0 Å². The Bertz CT molecular complexity index is 204. The van der Waals surface area contributed by atoms with Gasteiger partial charge in [-0.2, -0.15) is 0 Å². The fourth-order valence-electron chi connectivity index (χ4n) is 2.25. The van der Waals surface area contributed by atoms with Crippen molar-refractivity contribution in [3.63, 3.8) is 0 Å². The van der Waals surface area contributed by atoms with E-state index in [2.05, 4.69) is 10.2 Å². The number of hydrogen-bond donors (Lipinski definition) is 1. The van der Waals surface area contributed by atoms with Gasteiger partial charge in [-0.05, 0) is 19.9 Å². The van der Waals surface area contributed by atoms with Crippen LogP contribution in [0.15, 0.2) is 0 Å². The molecule has 2 nitrogen and oxygen atoms in total. The van der Waals surface area contributed by atoms with Crippen LogP contribution in [-0.4, -0.2) is 43.0 Å². The van der Waals surface area contributed by atoms with Crippen molar-refractivity contribution in [3.8, 4) is 0 Å². The average molecular weight is 204 g/mol. The molecule has 1 unspecified atom stereocenters. The van der Waals surface area contributed by atoms with Crippen molar-refractivity contribution in [2.45, 2.75) is 43.7 Å². The number of halogens is 2. The summed E-state index contributed by atoms with van der Waals surface area (Å²) in [5, 5.41) is 2.89. The molecule has 0 aromatic heterocycles. The molecular formula is C10H18F2N2. The van der Waals surface area contributed by atoms with Crippen LogP contribution in [-0.2, 0) is 0 Å². The van der Waals surface area contributed by atoms with E-state index in [1.54, 1.807) is 0 Å². The van der Waals surface area contributed by atoms with Gasteiger partial charge in [-0.15, -0.1) is 0 Å². The summed E-state index contributed by atoms with van der Waals surface area (Å²) in [5.74, 6) is -2.48. The zero-order valence-corrected chi connectivity index (χ0v) is 8.60. The molecule has 2 aliphatic rings. The van der Waals surface area contributed by atoms with Crippen LogP contribution >= 0.6 is 0 Å². The molecular weight excluding hydrogens is 186 g/mol. The van der Waals surface area contributed by atoms with Crippen molar-refractivity contribution in [2.75, 3.05) is 20.1 Å². The van der Waals surface area contributed by atoms with Crippen LogP contribution in [0.3, 0.4) is 0 Å². The molecule has 1 saturated heterocycles. The third-order valence-electron chi connectivity index (χ3n) is 3.40. The highest BCUT2D eigenvalue weighted by atomic mass is 19.3. The van der Waals surface area contributed by atoms with Crippen molar-refractivity contribution in [1.82, 2.24) is 10.2 Å². The number of nitrogens with one attached hydrogen (secondary N) is 1. The Labute approximate surface area is 83.7 Å². The van der Waals surface area contributed by atoms with Crippen molar-refractivity contribution in [1.29, 1.82) is 0 Å². The van der Waals surface area contributed by atoms with Crippen LogP contribution in [0.4, 0.5) is 8.78 Å². The lowest BCUT2D eigenvalue weighted by Gasteiger charge is -2.36. The second-order valence-corrected chi connectivity index (χ2v) is 4.66. The van der Waals surface area contributed by atoms with Gasteiger partial charge in [-0.25, -0.2) is 8.78 Å². The van der Waals surface area contributed by atoms with E-state index in [9.17, 15) is 8.78 Å². The number of alkyl halides is 2. The molecule has 1 aliphatic carbocycles. The van der Waals surface area contributed by atoms with E-state index in [1.165, 1.54) is 19.3 Å². The first-order chi connectivity index (χ1) is 6.57. The monoisotopic (exact) mass is 204 g/mol. The Kier molecular flexibility index (Phi) is 2.75. The molecule has 4 heteroatoms. The molecule has 2 fully saturated rings. The maximum atomic E-state index is 12.9. The van der Waals surface area contributed by atoms with Gasteiger partial charge in [0.1, 0.15) is 0 Å². The van der Waals surface area contributed by atoms with Crippen LogP contribution in [0, 0.1) is 0 Å². The smallest absolute Gasteiger partial charge is 0.261 e. The topological polar surface area (TPSA) is 15.3 Å². The minimum atomic E-state index is -2.48. The summed E-state index contributed by atoms with van der Waals surface area (Å²) in [7, 11) is 2.04. The van der Waals surface area contributed by atoms with Crippen molar-refractivity contribution in [2.24, 2.45) is 0 Å². The van der Waals surface area contributed by atoms with E-state index in [-0.39, 0.29) is 19.0 Å². The summed E-state index contributed by atoms with van der Waals surface area (Å²) in [6, 6.07) is 0.627. The molecule has 1 heterocycles. The number of nitrogens with zero attached hydrogens (tertiary/aromatic N) is 1. The molecule has 1 saturated carbocycles. The summed E-state index contributed by atoms with van der Waals surface area (Å²) < 4.78 is 25.7. The van der Waals surface area contributed by atoms with Crippen LogP contribution in [0.2, 0.25) is 0 Å². The van der Waals surface area contributed by atoms with Crippen LogP contribution < -0.4 is 5.32 Å². The highest BCUT2D eigenvalue weighted by Gasteiger charge is 2.40. The fourth-order valence-corrected chi connectivity index (χ4v) is 2.25. The zero-order valence-electron chi connectivity index (χ0n) is 8.60. The van der Waals surface area contributed by atoms with E-state index in [4.69, 9.17) is 0 Å². The van der Waals surface area contributed by atoms with Gasteiger partial charge in [-0.3, -0.25) is 0 Å². The minimum Gasteiger partial charge on any atom is -0.307 e. The summed E-state index contributed by atoms with van der Waals surface area (Å²) in [6.07, 6.45) is 3.77. The average Bonchev–Trinajstić information content (AvgIpc) is 2.25. The van der Waals surface area contributed by atoms with Crippen molar-refractivity contribution < 1.29 is 8.78 Å². The van der Waals surface area contributed by atoms with Crippen LogP contribution in [0.1, 0.15) is 25.7 Å². The van der Waals surface area contributed by atoms with Gasteiger partial charge in [0.05, 0.1) is 6.54 Å². The highest BCUT2D eigenvalue weighted by molar-refractivity contribution is 4.90. The van der Waals surface area contributed by atoms with Gasteiger partial charge in [0.15, 0.2) is 0 Å². The Balaban J connectivity index is 1.75. The maximum Gasteiger partial charge on any atom is 0.261 e. The van der Waals surface area contributed by atoms with E-state index >= 15 is 0 Å². The molecule has 0 aromatic carbocycles. The molecule has 0 spiro atoms. The Morgan fingerprint density at radius 1 is 1.43 bits per heavy atom. The van der Waals surface area contributed by atoms with E-state index in [0.717, 1.165) is 6.54 Å². The SMILES string of the molecule is CN(CC1CC(F)(F)CN1)C1CCC1. The second kappa shape index (κ2) is 3.74. The van der Waals surface area contributed by atoms with E-state index < -0.39 is 5.92 Å². The van der Waals surface area contributed by atoms with Crippen molar-refractivity contribution in [3.05, 3.63) is 0 Å². The third-order valence-corrected chi connectivity index (χ3v) is 3.40. The van der Waals surface area contributed by atoms with Crippen molar-refractivity contribution >= 4 is 0 Å². The predicted molar refractivity (Wildman–Crippen MR) is 51.6 cm³/mol. The summed E-state index contributed by atoms with van der Waals surface area (Å²) >= 11 is 0. The molecule has 1 N–H and O–H groups in total. The summed E-state index contributed by atoms with van der Waals surface area (Å²) in [4.78, 5) is 2.22. The number of rotatable bonds is 3. The lowest BCUT2D eigenvalue weighted by atomic mass is 9.91. The zero-order chi connectivity index (χ0) is 10.2. The molecule has 0 radical (unpaired) electrons. The first kappa shape index (κ1) is 10.3. The minimum absolute atomic E-state index is 0.00403.